The number of alkyl halides is 1. The Bertz CT molecular complexity index is 461. The molecule has 2 aromatic rings. The quantitative estimate of drug-likeness (QED) is 0.578. The second-order valence-electron chi connectivity index (χ2n) is 3.80. The standard InChI is InChI=1S/C13H15ClN2OS/c14-9-12-10-18-13(16-12)5-8-17-7-4-11-3-1-2-6-15-11/h1-3,6,10H,4-5,7-9H2. The van der Waals surface area contributed by atoms with Crippen molar-refractivity contribution in [3.05, 3.63) is 46.2 Å². The van der Waals surface area contributed by atoms with Gasteiger partial charge in [-0.3, -0.25) is 4.98 Å². The van der Waals surface area contributed by atoms with E-state index in [0.29, 0.717) is 19.1 Å². The number of hydrogen-bond acceptors (Lipinski definition) is 4. The lowest BCUT2D eigenvalue weighted by molar-refractivity contribution is 0.139. The molecule has 0 N–H and O–H groups in total. The van der Waals surface area contributed by atoms with Crippen LogP contribution in [0.5, 0.6) is 0 Å². The van der Waals surface area contributed by atoms with Crippen LogP contribution in [0.4, 0.5) is 0 Å². The zero-order valence-electron chi connectivity index (χ0n) is 10.0. The van der Waals surface area contributed by atoms with Gasteiger partial charge in [-0.05, 0) is 12.1 Å². The second kappa shape index (κ2) is 7.46. The van der Waals surface area contributed by atoms with Crippen LogP contribution in [0.1, 0.15) is 16.4 Å². The molecule has 18 heavy (non-hydrogen) atoms. The van der Waals surface area contributed by atoms with Gasteiger partial charge in [0, 0.05) is 30.1 Å². The van der Waals surface area contributed by atoms with Crippen molar-refractivity contribution in [2.24, 2.45) is 0 Å². The van der Waals surface area contributed by atoms with Gasteiger partial charge in [0.15, 0.2) is 0 Å². The van der Waals surface area contributed by atoms with E-state index in [1.807, 2.05) is 23.6 Å². The highest BCUT2D eigenvalue weighted by Crippen LogP contribution is 2.12. The Morgan fingerprint density at radius 3 is 2.78 bits per heavy atom. The molecule has 0 aliphatic rings. The highest BCUT2D eigenvalue weighted by Gasteiger charge is 2.01. The van der Waals surface area contributed by atoms with Crippen molar-refractivity contribution in [1.29, 1.82) is 0 Å². The first-order valence-electron chi connectivity index (χ1n) is 5.85. The summed E-state index contributed by atoms with van der Waals surface area (Å²) in [5.41, 5.74) is 2.02. The van der Waals surface area contributed by atoms with Gasteiger partial charge in [0.05, 0.1) is 29.8 Å². The van der Waals surface area contributed by atoms with Crippen molar-refractivity contribution < 1.29 is 4.74 Å². The summed E-state index contributed by atoms with van der Waals surface area (Å²) in [6.45, 7) is 1.40. The zero-order valence-corrected chi connectivity index (χ0v) is 11.6. The molecule has 0 amide bonds. The van der Waals surface area contributed by atoms with Crippen LogP contribution in [-0.4, -0.2) is 23.2 Å². The molecule has 0 unspecified atom stereocenters. The number of ether oxygens (including phenoxy) is 1. The molecule has 0 spiro atoms. The molecule has 0 fully saturated rings. The average molecular weight is 283 g/mol. The molecule has 0 aromatic carbocycles. The molecule has 0 radical (unpaired) electrons. The molecule has 0 bridgehead atoms. The number of hydrogen-bond donors (Lipinski definition) is 0. The highest BCUT2D eigenvalue weighted by molar-refractivity contribution is 7.09. The third kappa shape index (κ3) is 4.37. The highest BCUT2D eigenvalue weighted by atomic mass is 35.5. The van der Waals surface area contributed by atoms with E-state index >= 15 is 0 Å². The van der Waals surface area contributed by atoms with E-state index in [0.717, 1.165) is 29.2 Å². The lowest BCUT2D eigenvalue weighted by Crippen LogP contribution is -2.03. The monoisotopic (exact) mass is 282 g/mol. The molecule has 2 rings (SSSR count). The van der Waals surface area contributed by atoms with Crippen LogP contribution in [0.15, 0.2) is 29.8 Å². The minimum absolute atomic E-state index is 0.483. The van der Waals surface area contributed by atoms with Crippen LogP contribution in [0.3, 0.4) is 0 Å². The summed E-state index contributed by atoms with van der Waals surface area (Å²) in [4.78, 5) is 8.62. The normalized spacial score (nSPS) is 10.7. The predicted molar refractivity (Wildman–Crippen MR) is 74.1 cm³/mol. The van der Waals surface area contributed by atoms with Crippen LogP contribution >= 0.6 is 22.9 Å². The van der Waals surface area contributed by atoms with Gasteiger partial charge in [-0.1, -0.05) is 6.07 Å². The van der Waals surface area contributed by atoms with Crippen molar-refractivity contribution in [2.45, 2.75) is 18.7 Å². The number of rotatable bonds is 7. The van der Waals surface area contributed by atoms with E-state index in [1.165, 1.54) is 0 Å². The fraction of sp³-hybridized carbons (Fsp3) is 0.385. The summed E-state index contributed by atoms with van der Waals surface area (Å²) in [6, 6.07) is 5.92. The number of pyridine rings is 1. The summed E-state index contributed by atoms with van der Waals surface area (Å²) in [5, 5.41) is 3.08. The van der Waals surface area contributed by atoms with Gasteiger partial charge in [-0.25, -0.2) is 4.98 Å². The first-order valence-corrected chi connectivity index (χ1v) is 7.27. The minimum Gasteiger partial charge on any atom is -0.381 e. The molecule has 96 valence electrons. The molecule has 5 heteroatoms. The van der Waals surface area contributed by atoms with Gasteiger partial charge >= 0.3 is 0 Å². The molecule has 0 saturated carbocycles. The minimum atomic E-state index is 0.483. The summed E-state index contributed by atoms with van der Waals surface area (Å²) >= 11 is 7.34. The van der Waals surface area contributed by atoms with Gasteiger partial charge in [0.2, 0.25) is 0 Å². The van der Waals surface area contributed by atoms with Crippen LogP contribution < -0.4 is 0 Å². The lowest BCUT2D eigenvalue weighted by Gasteiger charge is -2.02. The number of thiazole rings is 1. The maximum atomic E-state index is 5.70. The van der Waals surface area contributed by atoms with Crippen molar-refractivity contribution in [3.8, 4) is 0 Å². The summed E-state index contributed by atoms with van der Waals surface area (Å²) in [5.74, 6) is 0.483. The molecule has 0 saturated heterocycles. The maximum Gasteiger partial charge on any atom is 0.0951 e. The number of aromatic nitrogens is 2. The lowest BCUT2D eigenvalue weighted by atomic mass is 10.3. The fourth-order valence-electron chi connectivity index (χ4n) is 1.51. The Morgan fingerprint density at radius 1 is 1.17 bits per heavy atom. The Kier molecular flexibility index (Phi) is 5.58. The number of halogens is 1. The molecule has 0 aliphatic carbocycles. The van der Waals surface area contributed by atoms with Crippen LogP contribution in [0, 0.1) is 0 Å². The van der Waals surface area contributed by atoms with Crippen molar-refractivity contribution in [3.63, 3.8) is 0 Å². The van der Waals surface area contributed by atoms with E-state index in [1.54, 1.807) is 17.5 Å². The van der Waals surface area contributed by atoms with Crippen molar-refractivity contribution in [2.75, 3.05) is 13.2 Å². The SMILES string of the molecule is ClCc1csc(CCOCCc2ccccn2)n1. The molecular formula is C13H15ClN2OS. The second-order valence-corrected chi connectivity index (χ2v) is 5.01. The van der Waals surface area contributed by atoms with Crippen LogP contribution in [-0.2, 0) is 23.5 Å². The molecule has 2 aromatic heterocycles. The summed E-state index contributed by atoms with van der Waals surface area (Å²) in [6.07, 6.45) is 3.51. The Morgan fingerprint density at radius 2 is 2.06 bits per heavy atom. The maximum absolute atomic E-state index is 5.70. The molecule has 2 heterocycles. The van der Waals surface area contributed by atoms with E-state index in [9.17, 15) is 0 Å². The largest absolute Gasteiger partial charge is 0.381 e. The Labute approximate surface area is 116 Å². The van der Waals surface area contributed by atoms with Gasteiger partial charge in [-0.2, -0.15) is 0 Å². The van der Waals surface area contributed by atoms with Crippen molar-refractivity contribution >= 4 is 22.9 Å². The predicted octanol–water partition coefficient (Wildman–Crippen LogP) is 3.08. The molecule has 0 atom stereocenters. The van der Waals surface area contributed by atoms with Crippen LogP contribution in [0.25, 0.3) is 0 Å². The average Bonchev–Trinajstić information content (AvgIpc) is 2.87. The Hall–Kier alpha value is -0.970. The smallest absolute Gasteiger partial charge is 0.0951 e. The third-order valence-electron chi connectivity index (χ3n) is 2.43. The van der Waals surface area contributed by atoms with E-state index < -0.39 is 0 Å². The number of nitrogens with zero attached hydrogens (tertiary/aromatic N) is 2. The van der Waals surface area contributed by atoms with Gasteiger partial charge in [0.25, 0.3) is 0 Å². The van der Waals surface area contributed by atoms with E-state index in [-0.39, 0.29) is 0 Å². The third-order valence-corrected chi connectivity index (χ3v) is 3.66. The Balaban J connectivity index is 1.61. The molecule has 0 aliphatic heterocycles. The first-order chi connectivity index (χ1) is 8.88. The van der Waals surface area contributed by atoms with E-state index in [4.69, 9.17) is 16.3 Å². The van der Waals surface area contributed by atoms with Gasteiger partial charge in [-0.15, -0.1) is 22.9 Å². The fourth-order valence-corrected chi connectivity index (χ4v) is 2.52. The van der Waals surface area contributed by atoms with Gasteiger partial charge in [0.1, 0.15) is 0 Å². The first kappa shape index (κ1) is 13.5. The van der Waals surface area contributed by atoms with Crippen molar-refractivity contribution in [1.82, 2.24) is 9.97 Å². The van der Waals surface area contributed by atoms with E-state index in [2.05, 4.69) is 9.97 Å². The topological polar surface area (TPSA) is 35.0 Å². The molecule has 3 nitrogen and oxygen atoms in total. The zero-order chi connectivity index (χ0) is 12.6. The summed E-state index contributed by atoms with van der Waals surface area (Å²) < 4.78 is 5.58. The summed E-state index contributed by atoms with van der Waals surface area (Å²) in [7, 11) is 0. The molecular weight excluding hydrogens is 268 g/mol. The van der Waals surface area contributed by atoms with Gasteiger partial charge < -0.3 is 4.74 Å². The van der Waals surface area contributed by atoms with Crippen LogP contribution in [0.2, 0.25) is 0 Å².